The summed E-state index contributed by atoms with van der Waals surface area (Å²) in [5.41, 5.74) is 3.34. The lowest BCUT2D eigenvalue weighted by Crippen LogP contribution is -1.95. The molecule has 0 saturated carbocycles. The topological polar surface area (TPSA) is 12.9 Å². The molecular weight excluding hydrogens is 609 g/mol. The summed E-state index contributed by atoms with van der Waals surface area (Å²) < 4.78 is 0. The standard InChI is InChI=1S/C23H8Cl9N/c24-13-6-19(30)16(27)3-10(13)9-1-2-22(11-4-17(28)20(31)7-14(11)25)33-23(9)12-5-18(29)21(32)8-15(12)26/h1-8H. The van der Waals surface area contributed by atoms with E-state index in [2.05, 4.69) is 0 Å². The number of nitrogens with zero attached hydrogens (tertiary/aromatic N) is 1. The van der Waals surface area contributed by atoms with Crippen molar-refractivity contribution in [3.05, 3.63) is 93.7 Å². The lowest BCUT2D eigenvalue weighted by Gasteiger charge is -2.16. The van der Waals surface area contributed by atoms with Gasteiger partial charge >= 0.3 is 0 Å². The number of halogens is 9. The van der Waals surface area contributed by atoms with E-state index >= 15 is 0 Å². The summed E-state index contributed by atoms with van der Waals surface area (Å²) in [5.74, 6) is 0. The van der Waals surface area contributed by atoms with Crippen molar-refractivity contribution >= 4 is 104 Å². The summed E-state index contributed by atoms with van der Waals surface area (Å²) in [4.78, 5) is 4.84. The zero-order valence-corrected chi connectivity index (χ0v) is 22.8. The van der Waals surface area contributed by atoms with Gasteiger partial charge in [0.1, 0.15) is 0 Å². The predicted molar refractivity (Wildman–Crippen MR) is 146 cm³/mol. The summed E-state index contributed by atoms with van der Waals surface area (Å²) in [6.07, 6.45) is 0. The minimum atomic E-state index is 0.307. The van der Waals surface area contributed by atoms with E-state index in [-0.39, 0.29) is 0 Å². The van der Waals surface area contributed by atoms with Crippen LogP contribution in [0.4, 0.5) is 0 Å². The molecular formula is C23H8Cl9N. The van der Waals surface area contributed by atoms with Gasteiger partial charge in [-0.15, -0.1) is 0 Å². The maximum Gasteiger partial charge on any atom is 0.0803 e. The highest BCUT2D eigenvalue weighted by molar-refractivity contribution is 6.45. The van der Waals surface area contributed by atoms with E-state index in [0.29, 0.717) is 78.8 Å². The highest BCUT2D eigenvalue weighted by Gasteiger charge is 2.20. The van der Waals surface area contributed by atoms with Crippen LogP contribution in [0.2, 0.25) is 45.2 Å². The SMILES string of the molecule is Clc1cc(Cl)c(-c2ccc(-c3cc(Cl)c(Cl)cc3Cl)c(-c3cc(Cl)c(Cl)cc3Cl)n2)cc1Cl. The van der Waals surface area contributed by atoms with Crippen LogP contribution in [0.3, 0.4) is 0 Å². The summed E-state index contributed by atoms with van der Waals surface area (Å²) in [5, 5.41) is 3.04. The van der Waals surface area contributed by atoms with Gasteiger partial charge in [0.2, 0.25) is 0 Å². The fourth-order valence-corrected chi connectivity index (χ4v) is 5.11. The number of pyridine rings is 1. The minimum absolute atomic E-state index is 0.307. The third-order valence-electron chi connectivity index (χ3n) is 4.75. The van der Waals surface area contributed by atoms with Gasteiger partial charge in [-0.1, -0.05) is 104 Å². The normalized spacial score (nSPS) is 11.2. The Hall–Kier alpha value is -0.580. The molecule has 0 atom stereocenters. The molecule has 0 fully saturated rings. The van der Waals surface area contributed by atoms with Gasteiger partial charge in [-0.25, -0.2) is 4.98 Å². The molecule has 0 unspecified atom stereocenters. The van der Waals surface area contributed by atoms with Crippen LogP contribution in [0, 0.1) is 0 Å². The maximum atomic E-state index is 6.54. The van der Waals surface area contributed by atoms with E-state index < -0.39 is 0 Å². The molecule has 0 amide bonds. The Morgan fingerprint density at radius 3 is 1.30 bits per heavy atom. The van der Waals surface area contributed by atoms with Crippen molar-refractivity contribution in [1.82, 2.24) is 4.98 Å². The second-order valence-electron chi connectivity index (χ2n) is 6.83. The molecule has 168 valence electrons. The Morgan fingerprint density at radius 2 is 0.758 bits per heavy atom. The van der Waals surface area contributed by atoms with Crippen LogP contribution in [0.1, 0.15) is 0 Å². The summed E-state index contributed by atoms with van der Waals surface area (Å²) >= 11 is 56.6. The molecule has 0 saturated heterocycles. The van der Waals surface area contributed by atoms with E-state index in [4.69, 9.17) is 109 Å². The van der Waals surface area contributed by atoms with Crippen LogP contribution < -0.4 is 0 Å². The molecule has 0 aliphatic rings. The van der Waals surface area contributed by atoms with E-state index in [1.807, 2.05) is 6.07 Å². The second kappa shape index (κ2) is 10.2. The van der Waals surface area contributed by atoms with E-state index in [1.54, 1.807) is 42.5 Å². The van der Waals surface area contributed by atoms with Crippen molar-refractivity contribution in [3.8, 4) is 33.6 Å². The lowest BCUT2D eigenvalue weighted by molar-refractivity contribution is 1.32. The third-order valence-corrected chi connectivity index (χ3v) is 7.85. The predicted octanol–water partition coefficient (Wildman–Crippen LogP) is 12.0. The Morgan fingerprint density at radius 1 is 0.364 bits per heavy atom. The fraction of sp³-hybridized carbons (Fsp3) is 0. The molecule has 0 aliphatic carbocycles. The Labute approximate surface area is 235 Å². The largest absolute Gasteiger partial charge is 0.247 e. The highest BCUT2D eigenvalue weighted by Crippen LogP contribution is 2.44. The van der Waals surface area contributed by atoms with Crippen molar-refractivity contribution in [3.63, 3.8) is 0 Å². The molecule has 0 bridgehead atoms. The third kappa shape index (κ3) is 5.19. The van der Waals surface area contributed by atoms with Gasteiger partial charge < -0.3 is 0 Å². The van der Waals surface area contributed by atoms with Crippen LogP contribution in [0.25, 0.3) is 33.6 Å². The minimum Gasteiger partial charge on any atom is -0.247 e. The second-order valence-corrected chi connectivity index (χ2v) is 10.5. The van der Waals surface area contributed by atoms with Crippen LogP contribution in [0.5, 0.6) is 0 Å². The lowest BCUT2D eigenvalue weighted by atomic mass is 9.97. The average Bonchev–Trinajstić information content (AvgIpc) is 2.76. The zero-order valence-electron chi connectivity index (χ0n) is 16.0. The Bertz CT molecular complexity index is 1420. The maximum absolute atomic E-state index is 6.54. The van der Waals surface area contributed by atoms with Crippen molar-refractivity contribution in [1.29, 1.82) is 0 Å². The quantitative estimate of drug-likeness (QED) is 0.209. The molecule has 0 N–H and O–H groups in total. The molecule has 4 rings (SSSR count). The van der Waals surface area contributed by atoms with Gasteiger partial charge in [0.25, 0.3) is 0 Å². The molecule has 0 spiro atoms. The summed E-state index contributed by atoms with van der Waals surface area (Å²) in [7, 11) is 0. The van der Waals surface area contributed by atoms with Crippen LogP contribution in [-0.4, -0.2) is 4.98 Å². The molecule has 1 aromatic heterocycles. The number of hydrogen-bond acceptors (Lipinski definition) is 1. The number of hydrogen-bond donors (Lipinski definition) is 0. The van der Waals surface area contributed by atoms with E-state index in [0.717, 1.165) is 0 Å². The molecule has 1 heterocycles. The van der Waals surface area contributed by atoms with Crippen LogP contribution in [-0.2, 0) is 0 Å². The smallest absolute Gasteiger partial charge is 0.0803 e. The monoisotopic (exact) mass is 613 g/mol. The first-order chi connectivity index (χ1) is 15.6. The fourth-order valence-electron chi connectivity index (χ4n) is 3.18. The molecule has 10 heteroatoms. The van der Waals surface area contributed by atoms with Crippen molar-refractivity contribution in [2.75, 3.05) is 0 Å². The van der Waals surface area contributed by atoms with Gasteiger partial charge in [-0.3, -0.25) is 0 Å². The number of benzene rings is 3. The van der Waals surface area contributed by atoms with Crippen molar-refractivity contribution in [2.45, 2.75) is 0 Å². The van der Waals surface area contributed by atoms with Gasteiger partial charge in [0, 0.05) is 22.3 Å². The van der Waals surface area contributed by atoms with Crippen LogP contribution >= 0.6 is 104 Å². The van der Waals surface area contributed by atoms with Crippen molar-refractivity contribution in [2.24, 2.45) is 0 Å². The number of rotatable bonds is 3. The van der Waals surface area contributed by atoms with E-state index in [9.17, 15) is 0 Å². The van der Waals surface area contributed by atoms with Gasteiger partial charge in [0.05, 0.1) is 56.6 Å². The molecule has 33 heavy (non-hydrogen) atoms. The summed E-state index contributed by atoms with van der Waals surface area (Å²) in [6, 6.07) is 13.2. The first-order valence-electron chi connectivity index (χ1n) is 9.02. The summed E-state index contributed by atoms with van der Waals surface area (Å²) in [6.45, 7) is 0. The zero-order chi connectivity index (χ0) is 24.0. The number of aromatic nitrogens is 1. The van der Waals surface area contributed by atoms with Crippen LogP contribution in [0.15, 0.2) is 48.5 Å². The Kier molecular flexibility index (Phi) is 7.88. The van der Waals surface area contributed by atoms with Gasteiger partial charge in [-0.2, -0.15) is 0 Å². The molecule has 0 radical (unpaired) electrons. The molecule has 1 nitrogen and oxygen atoms in total. The Balaban J connectivity index is 2.04. The molecule has 4 aromatic rings. The highest BCUT2D eigenvalue weighted by atomic mass is 35.5. The van der Waals surface area contributed by atoms with Gasteiger partial charge in [-0.05, 0) is 48.5 Å². The van der Waals surface area contributed by atoms with Crippen molar-refractivity contribution < 1.29 is 0 Å². The van der Waals surface area contributed by atoms with Gasteiger partial charge in [0.15, 0.2) is 0 Å². The molecule has 0 aliphatic heterocycles. The first-order valence-corrected chi connectivity index (χ1v) is 12.4. The average molecular weight is 617 g/mol. The molecule has 3 aromatic carbocycles. The first kappa shape index (κ1) is 25.5. The van der Waals surface area contributed by atoms with E-state index in [1.165, 1.54) is 0 Å².